The lowest BCUT2D eigenvalue weighted by atomic mass is 9.75. The lowest BCUT2D eigenvalue weighted by Crippen LogP contribution is -2.24. The minimum Gasteiger partial charge on any atom is -0.468 e. The molecule has 0 fully saturated rings. The molecule has 1 aromatic rings. The number of furan rings is 1. The number of fused-ring (bicyclic) bond motifs is 1. The number of esters is 1. The Labute approximate surface area is 101 Å². The summed E-state index contributed by atoms with van der Waals surface area (Å²) in [5.74, 6) is 0.705. The van der Waals surface area contributed by atoms with Crippen molar-refractivity contribution in [3.8, 4) is 0 Å². The van der Waals surface area contributed by atoms with E-state index in [2.05, 4.69) is 6.92 Å². The molecule has 2 rings (SSSR count). The minimum absolute atomic E-state index is 0.177. The molecule has 0 saturated heterocycles. The first-order valence-electron chi connectivity index (χ1n) is 6.08. The molecule has 1 aromatic heterocycles. The van der Waals surface area contributed by atoms with Crippen molar-refractivity contribution >= 4 is 5.97 Å². The number of carbonyl (C=O) groups is 1. The zero-order chi connectivity index (χ0) is 12.3. The van der Waals surface area contributed by atoms with Gasteiger partial charge in [-0.05, 0) is 44.7 Å². The van der Waals surface area contributed by atoms with E-state index in [-0.39, 0.29) is 11.4 Å². The van der Waals surface area contributed by atoms with Crippen LogP contribution >= 0.6 is 0 Å². The number of ether oxygens (including phenoxy) is 1. The summed E-state index contributed by atoms with van der Waals surface area (Å²) < 4.78 is 10.5. The van der Waals surface area contributed by atoms with Crippen LogP contribution in [0.4, 0.5) is 0 Å². The zero-order valence-corrected chi connectivity index (χ0v) is 10.4. The minimum atomic E-state index is -0.285. The van der Waals surface area contributed by atoms with Crippen molar-refractivity contribution in [2.24, 2.45) is 0 Å². The van der Waals surface area contributed by atoms with Gasteiger partial charge in [-0.1, -0.05) is 6.08 Å². The highest BCUT2D eigenvalue weighted by atomic mass is 16.5. The Morgan fingerprint density at radius 1 is 1.65 bits per heavy atom. The smallest absolute Gasteiger partial charge is 0.330 e. The molecule has 0 unspecified atom stereocenters. The summed E-state index contributed by atoms with van der Waals surface area (Å²) in [5.41, 5.74) is 1.08. The van der Waals surface area contributed by atoms with Gasteiger partial charge in [0.2, 0.25) is 0 Å². The van der Waals surface area contributed by atoms with Gasteiger partial charge >= 0.3 is 5.97 Å². The molecule has 1 atom stereocenters. The Bertz CT molecular complexity index is 430. The predicted molar refractivity (Wildman–Crippen MR) is 64.8 cm³/mol. The fourth-order valence-electron chi connectivity index (χ4n) is 2.39. The van der Waals surface area contributed by atoms with Gasteiger partial charge in [0.05, 0.1) is 12.9 Å². The number of hydrogen-bond acceptors (Lipinski definition) is 3. The third-order valence-electron chi connectivity index (χ3n) is 3.28. The monoisotopic (exact) mass is 234 g/mol. The second kappa shape index (κ2) is 4.78. The van der Waals surface area contributed by atoms with Gasteiger partial charge in [0.25, 0.3) is 0 Å². The van der Waals surface area contributed by atoms with E-state index in [9.17, 15) is 4.79 Å². The molecule has 3 heteroatoms. The topological polar surface area (TPSA) is 39.4 Å². The van der Waals surface area contributed by atoms with Crippen LogP contribution in [0.15, 0.2) is 28.9 Å². The maximum absolute atomic E-state index is 11.3. The van der Waals surface area contributed by atoms with Crippen LogP contribution in [-0.4, -0.2) is 12.6 Å². The summed E-state index contributed by atoms with van der Waals surface area (Å²) in [7, 11) is 0. The second-order valence-electron chi connectivity index (χ2n) is 4.63. The number of carbonyl (C=O) groups excluding carboxylic acids is 1. The lowest BCUT2D eigenvalue weighted by Gasteiger charge is -2.29. The average Bonchev–Trinajstić information content (AvgIpc) is 2.77. The fraction of sp³-hybridized carbons (Fsp3) is 0.500. The first-order valence-corrected chi connectivity index (χ1v) is 6.08. The van der Waals surface area contributed by atoms with E-state index < -0.39 is 0 Å². The van der Waals surface area contributed by atoms with E-state index in [4.69, 9.17) is 9.15 Å². The van der Waals surface area contributed by atoms with Crippen LogP contribution in [0.5, 0.6) is 0 Å². The molecule has 0 saturated carbocycles. The molecule has 0 spiro atoms. The summed E-state index contributed by atoms with van der Waals surface area (Å²) in [6.45, 7) is 4.31. The molecule has 0 amide bonds. The first kappa shape index (κ1) is 12.0. The molecule has 92 valence electrons. The molecule has 0 N–H and O–H groups in total. The fourth-order valence-corrected chi connectivity index (χ4v) is 2.39. The highest BCUT2D eigenvalue weighted by Crippen LogP contribution is 2.38. The Balaban J connectivity index is 2.18. The molecule has 0 radical (unpaired) electrons. The van der Waals surface area contributed by atoms with Gasteiger partial charge < -0.3 is 9.15 Å². The normalized spacial score (nSPS) is 23.6. The number of allylic oxidation sites excluding steroid dienone is 1. The van der Waals surface area contributed by atoms with Crippen LogP contribution in [0.2, 0.25) is 0 Å². The van der Waals surface area contributed by atoms with Gasteiger partial charge in [-0.3, -0.25) is 0 Å². The van der Waals surface area contributed by atoms with Crippen molar-refractivity contribution in [2.75, 3.05) is 6.61 Å². The van der Waals surface area contributed by atoms with E-state index in [0.29, 0.717) is 6.61 Å². The van der Waals surface area contributed by atoms with E-state index >= 15 is 0 Å². The molecule has 3 nitrogen and oxygen atoms in total. The van der Waals surface area contributed by atoms with E-state index in [1.54, 1.807) is 13.2 Å². The Morgan fingerprint density at radius 2 is 2.47 bits per heavy atom. The molecule has 1 aliphatic carbocycles. The molecule has 17 heavy (non-hydrogen) atoms. The van der Waals surface area contributed by atoms with E-state index in [1.165, 1.54) is 11.6 Å². The summed E-state index contributed by atoms with van der Waals surface area (Å²) in [6, 6.07) is 2.02. The molecule has 0 aromatic carbocycles. The summed E-state index contributed by atoms with van der Waals surface area (Å²) >= 11 is 0. The van der Waals surface area contributed by atoms with Crippen LogP contribution in [0, 0.1) is 0 Å². The lowest BCUT2D eigenvalue weighted by molar-refractivity contribution is -0.137. The maximum atomic E-state index is 11.3. The van der Waals surface area contributed by atoms with Gasteiger partial charge in [0, 0.05) is 11.5 Å². The highest BCUT2D eigenvalue weighted by Gasteiger charge is 2.32. The highest BCUT2D eigenvalue weighted by molar-refractivity contribution is 5.82. The van der Waals surface area contributed by atoms with Gasteiger partial charge in [-0.15, -0.1) is 0 Å². The number of rotatable bonds is 3. The van der Waals surface area contributed by atoms with Crippen LogP contribution < -0.4 is 0 Å². The van der Waals surface area contributed by atoms with Crippen molar-refractivity contribution in [1.29, 1.82) is 0 Å². The second-order valence-corrected chi connectivity index (χ2v) is 4.63. The standard InChI is InChI=1S/C14H18O3/c1-3-16-12(15)6-9-14(2)8-4-5-11-7-10-17-13(11)14/h6-7,9-10H,3-5,8H2,1-2H3/b9-6+/t14-/m1/s1. The molecule has 0 bridgehead atoms. The van der Waals surface area contributed by atoms with Crippen LogP contribution in [0.1, 0.15) is 38.0 Å². The Kier molecular flexibility index (Phi) is 3.36. The molecule has 1 heterocycles. The first-order chi connectivity index (χ1) is 8.15. The molecular weight excluding hydrogens is 216 g/mol. The van der Waals surface area contributed by atoms with Crippen molar-refractivity contribution in [3.63, 3.8) is 0 Å². The van der Waals surface area contributed by atoms with E-state index in [0.717, 1.165) is 25.0 Å². The van der Waals surface area contributed by atoms with Crippen LogP contribution in [0.3, 0.4) is 0 Å². The molecule has 0 aliphatic heterocycles. The number of aryl methyl sites for hydroxylation is 1. The third-order valence-corrected chi connectivity index (χ3v) is 3.28. The molecule has 1 aliphatic rings. The Morgan fingerprint density at radius 3 is 3.24 bits per heavy atom. The van der Waals surface area contributed by atoms with Crippen molar-refractivity contribution in [1.82, 2.24) is 0 Å². The zero-order valence-electron chi connectivity index (χ0n) is 10.4. The summed E-state index contributed by atoms with van der Waals surface area (Å²) in [5, 5.41) is 0. The van der Waals surface area contributed by atoms with E-state index in [1.807, 2.05) is 12.1 Å². The van der Waals surface area contributed by atoms with Crippen molar-refractivity contribution in [3.05, 3.63) is 35.8 Å². The molecular formula is C14H18O3. The van der Waals surface area contributed by atoms with Crippen molar-refractivity contribution < 1.29 is 13.9 Å². The summed E-state index contributed by atoms with van der Waals surface area (Å²) in [6.07, 6.45) is 8.34. The summed E-state index contributed by atoms with van der Waals surface area (Å²) in [4.78, 5) is 11.3. The third kappa shape index (κ3) is 2.43. The van der Waals surface area contributed by atoms with Gasteiger partial charge in [0.1, 0.15) is 5.76 Å². The largest absolute Gasteiger partial charge is 0.468 e. The van der Waals surface area contributed by atoms with Gasteiger partial charge in [-0.25, -0.2) is 4.79 Å². The van der Waals surface area contributed by atoms with Crippen LogP contribution in [-0.2, 0) is 21.4 Å². The predicted octanol–water partition coefficient (Wildman–Crippen LogP) is 2.99. The van der Waals surface area contributed by atoms with Gasteiger partial charge in [-0.2, -0.15) is 0 Å². The van der Waals surface area contributed by atoms with Gasteiger partial charge in [0.15, 0.2) is 0 Å². The maximum Gasteiger partial charge on any atom is 0.330 e. The number of hydrogen-bond donors (Lipinski definition) is 0. The van der Waals surface area contributed by atoms with Crippen LogP contribution in [0.25, 0.3) is 0 Å². The SMILES string of the molecule is CCOC(=O)/C=C/[C@@]1(C)CCCc2ccoc21. The van der Waals surface area contributed by atoms with Crippen molar-refractivity contribution in [2.45, 2.75) is 38.5 Å². The quantitative estimate of drug-likeness (QED) is 0.596. The average molecular weight is 234 g/mol. The Hall–Kier alpha value is -1.51.